The van der Waals surface area contributed by atoms with Crippen molar-refractivity contribution in [3.8, 4) is 0 Å². The van der Waals surface area contributed by atoms with Gasteiger partial charge in [0.2, 0.25) is 0 Å². The van der Waals surface area contributed by atoms with Gasteiger partial charge in [0.15, 0.2) is 0 Å². The summed E-state index contributed by atoms with van der Waals surface area (Å²) in [5.41, 5.74) is 6.49. The molecular formula is C39H51IN2O2. The van der Waals surface area contributed by atoms with E-state index in [0.29, 0.717) is 60.4 Å². The highest BCUT2D eigenvalue weighted by Crippen LogP contribution is 2.44. The topological polar surface area (TPSA) is 58.2 Å². The minimum absolute atomic E-state index is 0.163. The van der Waals surface area contributed by atoms with E-state index in [1.165, 1.54) is 44.2 Å². The molecule has 5 heteroatoms. The second-order valence-corrected chi connectivity index (χ2v) is 15.5. The van der Waals surface area contributed by atoms with E-state index in [1.807, 2.05) is 13.8 Å². The van der Waals surface area contributed by atoms with Gasteiger partial charge < -0.3 is 10.6 Å². The lowest BCUT2D eigenvalue weighted by molar-refractivity contribution is -0.125. The summed E-state index contributed by atoms with van der Waals surface area (Å²) in [5, 5.41) is 7.32. The number of halogens is 1. The number of fused-ring (bicyclic) bond motifs is 4. The van der Waals surface area contributed by atoms with Crippen molar-refractivity contribution in [2.75, 3.05) is 0 Å². The number of nitrogens with one attached hydrogen (secondary N) is 2. The number of Topliss-reactive ketones (excluding diaryl/α,β-unsaturated/α-hetero) is 2. The van der Waals surface area contributed by atoms with E-state index in [0.717, 1.165) is 25.7 Å². The number of carbonyl (C=O) groups excluding carboxylic acids is 2. The first-order valence-corrected chi connectivity index (χ1v) is 18.0. The SMILES string of the molecule is CCC(=O)C1C2CCC(CC1c1ccc(/C=C(/C)I)cc1)N2.CCC(=O)C1C2CCC(CC1c1ccc(C=C(C)C)cc1)N2. The van der Waals surface area contributed by atoms with Crippen LogP contribution in [0.1, 0.15) is 120 Å². The van der Waals surface area contributed by atoms with Gasteiger partial charge in [0, 0.05) is 48.8 Å². The summed E-state index contributed by atoms with van der Waals surface area (Å²) in [6.07, 6.45) is 12.7. The van der Waals surface area contributed by atoms with Gasteiger partial charge in [-0.25, -0.2) is 0 Å². The highest BCUT2D eigenvalue weighted by Gasteiger charge is 2.45. The van der Waals surface area contributed by atoms with Crippen LogP contribution in [-0.2, 0) is 9.59 Å². The van der Waals surface area contributed by atoms with Crippen molar-refractivity contribution in [3.63, 3.8) is 0 Å². The molecule has 0 spiro atoms. The van der Waals surface area contributed by atoms with Crippen LogP contribution in [0.5, 0.6) is 0 Å². The molecule has 4 aliphatic heterocycles. The number of piperidine rings is 2. The fourth-order valence-electron chi connectivity index (χ4n) is 8.40. The average Bonchev–Trinajstić information content (AvgIpc) is 3.58. The molecule has 4 aliphatic rings. The van der Waals surface area contributed by atoms with E-state index in [1.54, 1.807) is 0 Å². The van der Waals surface area contributed by atoms with Gasteiger partial charge in [-0.05, 0) is 126 Å². The second-order valence-electron chi connectivity index (χ2n) is 13.8. The molecule has 4 nitrogen and oxygen atoms in total. The zero-order valence-electron chi connectivity index (χ0n) is 27.2. The summed E-state index contributed by atoms with van der Waals surface area (Å²) in [4.78, 5) is 25.0. The first-order valence-electron chi connectivity index (χ1n) is 16.9. The molecule has 4 saturated heterocycles. The zero-order valence-corrected chi connectivity index (χ0v) is 29.4. The first-order chi connectivity index (χ1) is 21.2. The highest BCUT2D eigenvalue weighted by atomic mass is 127. The van der Waals surface area contributed by atoms with Crippen LogP contribution in [0.15, 0.2) is 57.7 Å². The molecule has 0 radical (unpaired) electrons. The normalized spacial score (nSPS) is 30.7. The van der Waals surface area contributed by atoms with Gasteiger partial charge in [-0.15, -0.1) is 0 Å². The molecule has 8 atom stereocenters. The van der Waals surface area contributed by atoms with Crippen LogP contribution in [0.25, 0.3) is 12.2 Å². The van der Waals surface area contributed by atoms with Gasteiger partial charge in [-0.1, -0.05) is 74.0 Å². The van der Waals surface area contributed by atoms with Gasteiger partial charge >= 0.3 is 0 Å². The molecule has 2 aromatic carbocycles. The van der Waals surface area contributed by atoms with Crippen LogP contribution >= 0.6 is 22.6 Å². The minimum Gasteiger partial charge on any atom is -0.310 e. The maximum Gasteiger partial charge on any atom is 0.137 e. The summed E-state index contributed by atoms with van der Waals surface area (Å²) in [6.45, 7) is 10.3. The van der Waals surface area contributed by atoms with Crippen LogP contribution in [0.3, 0.4) is 0 Å². The van der Waals surface area contributed by atoms with E-state index in [2.05, 4.69) is 115 Å². The van der Waals surface area contributed by atoms with Gasteiger partial charge in [0.25, 0.3) is 0 Å². The van der Waals surface area contributed by atoms with E-state index in [4.69, 9.17) is 0 Å². The molecule has 8 unspecified atom stereocenters. The van der Waals surface area contributed by atoms with Crippen molar-refractivity contribution in [2.45, 2.75) is 122 Å². The molecule has 0 amide bonds. The number of ketones is 2. The molecule has 2 N–H and O–H groups in total. The van der Waals surface area contributed by atoms with Crippen molar-refractivity contribution in [3.05, 3.63) is 79.9 Å². The lowest BCUT2D eigenvalue weighted by Gasteiger charge is -2.37. The van der Waals surface area contributed by atoms with Gasteiger partial charge in [0.05, 0.1) is 0 Å². The third-order valence-corrected chi connectivity index (χ3v) is 10.7. The van der Waals surface area contributed by atoms with Crippen molar-refractivity contribution < 1.29 is 9.59 Å². The van der Waals surface area contributed by atoms with Crippen LogP contribution in [0, 0.1) is 11.8 Å². The minimum atomic E-state index is 0.163. The Labute approximate surface area is 279 Å². The van der Waals surface area contributed by atoms with Crippen LogP contribution in [0.4, 0.5) is 0 Å². The third-order valence-electron chi connectivity index (χ3n) is 10.4. The summed E-state index contributed by atoms with van der Waals surface area (Å²) in [6, 6.07) is 19.7. The van der Waals surface area contributed by atoms with Crippen molar-refractivity contribution in [2.24, 2.45) is 11.8 Å². The third kappa shape index (κ3) is 7.82. The standard InChI is InChI=1S/C20H27NO.C19H24INO/c1-4-19(22)20-17(12-16-9-10-18(20)21-16)15-7-5-14(6-8-15)11-13(2)3;1-3-18(22)19-16(11-15-8-9-17(19)21-15)14-6-4-13(5-7-14)10-12(2)20/h5-8,11,16-18,20-21H,4,9-10,12H2,1-3H3;4-7,10,15-17,19,21H,3,8-9,11H2,1-2H3/b;12-10-. The Hall–Kier alpha value is -2.09. The Bertz CT molecular complexity index is 1250. The first kappa shape index (κ1) is 33.3. The number of allylic oxidation sites excluding steroid dienone is 2. The Morgan fingerprint density at radius 3 is 1.45 bits per heavy atom. The Kier molecular flexibility index (Phi) is 11.3. The molecule has 4 heterocycles. The van der Waals surface area contributed by atoms with Crippen molar-refractivity contribution in [1.29, 1.82) is 0 Å². The lowest BCUT2D eigenvalue weighted by Crippen LogP contribution is -2.47. The average molecular weight is 707 g/mol. The fourth-order valence-corrected chi connectivity index (χ4v) is 8.76. The van der Waals surface area contributed by atoms with E-state index >= 15 is 0 Å². The van der Waals surface area contributed by atoms with Gasteiger partial charge in [-0.3, -0.25) is 9.59 Å². The van der Waals surface area contributed by atoms with Gasteiger partial charge in [-0.2, -0.15) is 0 Å². The summed E-state index contributed by atoms with van der Waals surface area (Å²) in [7, 11) is 0. The Morgan fingerprint density at radius 2 is 1.09 bits per heavy atom. The molecule has 0 aliphatic carbocycles. The molecular weight excluding hydrogens is 655 g/mol. The fraction of sp³-hybridized carbons (Fsp3) is 0.538. The number of rotatable bonds is 8. The Balaban J connectivity index is 0.000000175. The number of hydrogen-bond donors (Lipinski definition) is 2. The summed E-state index contributed by atoms with van der Waals surface area (Å²) < 4.78 is 1.28. The van der Waals surface area contributed by atoms with E-state index < -0.39 is 0 Å². The molecule has 4 fully saturated rings. The molecule has 44 heavy (non-hydrogen) atoms. The molecule has 0 saturated carbocycles. The van der Waals surface area contributed by atoms with Crippen molar-refractivity contribution >= 4 is 46.3 Å². The molecule has 236 valence electrons. The maximum absolute atomic E-state index is 12.5. The lowest BCUT2D eigenvalue weighted by atomic mass is 9.74. The van der Waals surface area contributed by atoms with E-state index in [9.17, 15) is 9.59 Å². The van der Waals surface area contributed by atoms with E-state index in [-0.39, 0.29) is 11.8 Å². The van der Waals surface area contributed by atoms with Crippen LogP contribution in [0.2, 0.25) is 0 Å². The monoisotopic (exact) mass is 706 g/mol. The quantitative estimate of drug-likeness (QED) is 0.269. The number of hydrogen-bond acceptors (Lipinski definition) is 4. The number of benzene rings is 2. The smallest absolute Gasteiger partial charge is 0.137 e. The van der Waals surface area contributed by atoms with Crippen LogP contribution in [-0.4, -0.2) is 35.7 Å². The molecule has 4 bridgehead atoms. The molecule has 0 aromatic heterocycles. The van der Waals surface area contributed by atoms with Crippen LogP contribution < -0.4 is 10.6 Å². The predicted molar refractivity (Wildman–Crippen MR) is 192 cm³/mol. The van der Waals surface area contributed by atoms with Crippen molar-refractivity contribution in [1.82, 2.24) is 10.6 Å². The Morgan fingerprint density at radius 1 is 0.682 bits per heavy atom. The summed E-state index contributed by atoms with van der Waals surface area (Å²) in [5.74, 6) is 1.97. The maximum atomic E-state index is 12.5. The largest absolute Gasteiger partial charge is 0.310 e. The zero-order chi connectivity index (χ0) is 31.4. The predicted octanol–water partition coefficient (Wildman–Crippen LogP) is 9.00. The molecule has 6 rings (SSSR count). The van der Waals surface area contributed by atoms with Gasteiger partial charge in [0.1, 0.15) is 11.6 Å². The molecule has 2 aromatic rings. The highest BCUT2D eigenvalue weighted by molar-refractivity contribution is 14.1. The number of carbonyl (C=O) groups is 2. The second kappa shape index (κ2) is 15.0. The summed E-state index contributed by atoms with van der Waals surface area (Å²) >= 11 is 2.34.